The van der Waals surface area contributed by atoms with Gasteiger partial charge in [-0.3, -0.25) is 34.1 Å². The van der Waals surface area contributed by atoms with Crippen LogP contribution in [0.5, 0.6) is 0 Å². The summed E-state index contributed by atoms with van der Waals surface area (Å²) in [7, 11) is 1.78. The second-order valence-corrected chi connectivity index (χ2v) is 18.4. The van der Waals surface area contributed by atoms with Crippen molar-refractivity contribution in [2.45, 2.75) is 120 Å². The van der Waals surface area contributed by atoms with Crippen LogP contribution < -0.4 is 10.6 Å². The lowest BCUT2D eigenvalue weighted by Gasteiger charge is -2.44. The molecule has 1 aromatic heterocycles. The fourth-order valence-electron chi connectivity index (χ4n) is 9.77. The van der Waals surface area contributed by atoms with E-state index < -0.39 is 40.7 Å². The first-order chi connectivity index (χ1) is 28.9. The third-order valence-electron chi connectivity index (χ3n) is 12.8. The van der Waals surface area contributed by atoms with E-state index in [1.807, 2.05) is 18.2 Å². The molecular formula is C43H52F3N9O5S. The zero-order valence-electron chi connectivity index (χ0n) is 35.1. The first kappa shape index (κ1) is 44.1. The van der Waals surface area contributed by atoms with Crippen molar-refractivity contribution in [3.8, 4) is 6.07 Å². The average Bonchev–Trinajstić information content (AvgIpc) is 3.62. The highest BCUT2D eigenvalue weighted by Gasteiger charge is 2.54. The van der Waals surface area contributed by atoms with Crippen LogP contribution in [0.2, 0.25) is 0 Å². The Morgan fingerprint density at radius 1 is 1.03 bits per heavy atom. The number of carbonyl (C=O) groups excluding carboxylic acids is 5. The van der Waals surface area contributed by atoms with E-state index in [0.29, 0.717) is 41.2 Å². The second kappa shape index (κ2) is 17.4. The SMILES string of the molecule is C[C@@H]1CN(CCCC2CCC(N3C(=O)N(Sc4ccc(C#N)c(C(F)(F)F)c4)C(=O)C3(C)C)CC2)C[C@H](C)N1CC(=O)Nc1cccc2c(C3CCC(=O)NC3=O)nn(C)c12. The Balaban J connectivity index is 0.871. The molecule has 4 aliphatic rings. The van der Waals surface area contributed by atoms with Gasteiger partial charge in [0.05, 0.1) is 46.6 Å². The van der Waals surface area contributed by atoms with Crippen molar-refractivity contribution >= 4 is 58.2 Å². The molecule has 2 aromatic carbocycles. The number of halogens is 3. The van der Waals surface area contributed by atoms with Gasteiger partial charge in [-0.05, 0) is 121 Å². The van der Waals surface area contributed by atoms with E-state index in [-0.39, 0.29) is 53.7 Å². The molecule has 18 heteroatoms. The van der Waals surface area contributed by atoms with Crippen LogP contribution >= 0.6 is 11.9 Å². The molecular weight excluding hydrogens is 812 g/mol. The minimum Gasteiger partial charge on any atom is -0.323 e. The summed E-state index contributed by atoms with van der Waals surface area (Å²) in [6, 6.07) is 9.85. The number of carbonyl (C=O) groups is 5. The number of nitrogens with zero attached hydrogens (tertiary/aromatic N) is 7. The molecule has 1 unspecified atom stereocenters. The van der Waals surface area contributed by atoms with Gasteiger partial charge in [0.2, 0.25) is 17.7 Å². The summed E-state index contributed by atoms with van der Waals surface area (Å²) >= 11 is 0.656. The molecule has 0 bridgehead atoms. The highest BCUT2D eigenvalue weighted by molar-refractivity contribution is 7.98. The maximum Gasteiger partial charge on any atom is 0.417 e. The van der Waals surface area contributed by atoms with Crippen LogP contribution in [0.15, 0.2) is 41.3 Å². The minimum atomic E-state index is -4.76. The van der Waals surface area contributed by atoms with Crippen LogP contribution in [0.1, 0.15) is 102 Å². The van der Waals surface area contributed by atoms with Crippen LogP contribution in [0.3, 0.4) is 0 Å². The largest absolute Gasteiger partial charge is 0.417 e. The van der Waals surface area contributed by atoms with E-state index in [0.717, 1.165) is 80.0 Å². The third kappa shape index (κ3) is 9.01. The molecule has 0 spiro atoms. The molecule has 6 amide bonds. The summed E-state index contributed by atoms with van der Waals surface area (Å²) in [4.78, 5) is 71.4. The number of aromatic nitrogens is 2. The van der Waals surface area contributed by atoms with Gasteiger partial charge in [0.25, 0.3) is 5.91 Å². The molecule has 326 valence electrons. The summed E-state index contributed by atoms with van der Waals surface area (Å²) < 4.78 is 43.4. The Hall–Kier alpha value is -4.99. The third-order valence-corrected chi connectivity index (χ3v) is 13.8. The molecule has 3 aromatic rings. The molecule has 3 atom stereocenters. The standard InChI is InChI=1S/C43H52F3N9O5S/c1-25-22-52(23-26(2)53(25)24-36(57)48-34-10-6-9-31-37(50-51(5)38(31)34)32-17-18-35(56)49-39(32)58)19-7-8-27-11-14-29(15-12-27)54-41(60)55(40(59)42(54,3)4)61-30-16-13-28(21-47)33(20-30)43(44,45)46/h6,9-10,13,16,20,25-27,29,32H,7-8,11-12,14-15,17-19,22-24H2,1-5H3,(H,48,57)(H,49,56,58)/t25-,26+,27?,29?,32?. The zero-order chi connectivity index (χ0) is 44.0. The molecule has 1 aliphatic carbocycles. The minimum absolute atomic E-state index is 0.0459. The van der Waals surface area contributed by atoms with Gasteiger partial charge >= 0.3 is 12.2 Å². The van der Waals surface area contributed by atoms with Crippen molar-refractivity contribution in [1.29, 1.82) is 5.26 Å². The van der Waals surface area contributed by atoms with Gasteiger partial charge in [0, 0.05) is 55.0 Å². The molecule has 0 radical (unpaired) electrons. The molecule has 2 N–H and O–H groups in total. The van der Waals surface area contributed by atoms with Gasteiger partial charge in [0.15, 0.2) is 0 Å². The molecule has 4 fully saturated rings. The number of imide groups is 2. The lowest BCUT2D eigenvalue weighted by molar-refractivity contribution is -0.138. The number of amides is 6. The normalized spacial score (nSPS) is 25.3. The average molecular weight is 864 g/mol. The van der Waals surface area contributed by atoms with Gasteiger partial charge in [0.1, 0.15) is 5.54 Å². The van der Waals surface area contributed by atoms with Crippen LogP contribution in [0, 0.1) is 17.2 Å². The van der Waals surface area contributed by atoms with Crippen LogP contribution in [-0.4, -0.2) is 108 Å². The van der Waals surface area contributed by atoms with E-state index in [1.165, 1.54) is 6.07 Å². The van der Waals surface area contributed by atoms with E-state index >= 15 is 0 Å². The van der Waals surface area contributed by atoms with Crippen molar-refractivity contribution in [1.82, 2.24) is 34.1 Å². The number of anilines is 1. The number of aryl methyl sites for hydroxylation is 1. The lowest BCUT2D eigenvalue weighted by atomic mass is 9.81. The van der Waals surface area contributed by atoms with Crippen molar-refractivity contribution in [3.63, 3.8) is 0 Å². The number of fused-ring (bicyclic) bond motifs is 1. The Morgan fingerprint density at radius 2 is 1.74 bits per heavy atom. The van der Waals surface area contributed by atoms with Crippen molar-refractivity contribution in [3.05, 3.63) is 53.2 Å². The Kier molecular flexibility index (Phi) is 12.6. The molecule has 3 aliphatic heterocycles. The second-order valence-electron chi connectivity index (χ2n) is 17.4. The summed E-state index contributed by atoms with van der Waals surface area (Å²) in [6.07, 6.45) is 1.17. The predicted octanol–water partition coefficient (Wildman–Crippen LogP) is 6.41. The number of piperazine rings is 1. The Morgan fingerprint density at radius 3 is 2.39 bits per heavy atom. The van der Waals surface area contributed by atoms with Crippen molar-refractivity contribution in [2.24, 2.45) is 13.0 Å². The number of para-hydroxylation sites is 1. The first-order valence-electron chi connectivity index (χ1n) is 20.9. The molecule has 1 saturated carbocycles. The van der Waals surface area contributed by atoms with Crippen LogP contribution in [0.25, 0.3) is 10.9 Å². The maximum absolute atomic E-state index is 13.7. The highest BCUT2D eigenvalue weighted by Crippen LogP contribution is 2.43. The van der Waals surface area contributed by atoms with Gasteiger partial charge in [-0.25, -0.2) is 4.79 Å². The van der Waals surface area contributed by atoms with Gasteiger partial charge in [-0.2, -0.15) is 27.8 Å². The topological polar surface area (TPSA) is 164 Å². The van der Waals surface area contributed by atoms with Crippen LogP contribution in [0.4, 0.5) is 23.7 Å². The number of hydrogen-bond donors (Lipinski definition) is 2. The number of piperidine rings is 1. The Labute approximate surface area is 357 Å². The Bertz CT molecular complexity index is 2250. The number of urea groups is 1. The predicted molar refractivity (Wildman–Crippen MR) is 222 cm³/mol. The summed E-state index contributed by atoms with van der Waals surface area (Å²) in [5, 5.41) is 20.0. The van der Waals surface area contributed by atoms with E-state index in [2.05, 4.69) is 39.4 Å². The number of alkyl halides is 3. The first-order valence-corrected chi connectivity index (χ1v) is 21.7. The zero-order valence-corrected chi connectivity index (χ0v) is 35.9. The molecule has 4 heterocycles. The molecule has 3 saturated heterocycles. The van der Waals surface area contributed by atoms with Crippen LogP contribution in [-0.2, 0) is 32.4 Å². The highest BCUT2D eigenvalue weighted by atomic mass is 32.2. The number of benzene rings is 2. The monoisotopic (exact) mass is 863 g/mol. The van der Waals surface area contributed by atoms with E-state index in [1.54, 1.807) is 36.5 Å². The number of nitrogens with one attached hydrogen (secondary N) is 2. The summed E-state index contributed by atoms with van der Waals surface area (Å²) in [5.74, 6) is -1.34. The fraction of sp³-hybridized carbons (Fsp3) is 0.558. The molecule has 7 rings (SSSR count). The van der Waals surface area contributed by atoms with E-state index in [4.69, 9.17) is 5.26 Å². The number of hydrogen-bond acceptors (Lipinski definition) is 10. The summed E-state index contributed by atoms with van der Waals surface area (Å²) in [6.45, 7) is 10.4. The quantitative estimate of drug-likeness (QED) is 0.125. The molecule has 61 heavy (non-hydrogen) atoms. The van der Waals surface area contributed by atoms with Crippen molar-refractivity contribution in [2.75, 3.05) is 31.5 Å². The van der Waals surface area contributed by atoms with Gasteiger partial charge in [-0.15, -0.1) is 0 Å². The van der Waals surface area contributed by atoms with E-state index in [9.17, 15) is 37.1 Å². The van der Waals surface area contributed by atoms with Gasteiger partial charge in [-0.1, -0.05) is 12.1 Å². The summed E-state index contributed by atoms with van der Waals surface area (Å²) in [5.41, 5.74) is -0.877. The smallest absolute Gasteiger partial charge is 0.323 e. The lowest BCUT2D eigenvalue weighted by Crippen LogP contribution is -2.58. The van der Waals surface area contributed by atoms with Gasteiger partial charge < -0.3 is 15.1 Å². The number of rotatable bonds is 11. The fourth-order valence-corrected chi connectivity index (χ4v) is 10.8. The van der Waals surface area contributed by atoms with Crippen molar-refractivity contribution < 1.29 is 37.1 Å². The number of nitriles is 1. The maximum atomic E-state index is 13.7. The molecule has 14 nitrogen and oxygen atoms in total.